The summed E-state index contributed by atoms with van der Waals surface area (Å²) in [5.74, 6) is 0.0451. The molecule has 0 bridgehead atoms. The molecule has 3 rings (SSSR count). The van der Waals surface area contributed by atoms with Crippen molar-refractivity contribution in [2.24, 2.45) is 5.92 Å². The summed E-state index contributed by atoms with van der Waals surface area (Å²) < 4.78 is 5.72. The summed E-state index contributed by atoms with van der Waals surface area (Å²) in [4.78, 5) is 35.1. The van der Waals surface area contributed by atoms with E-state index in [1.54, 1.807) is 6.92 Å². The van der Waals surface area contributed by atoms with Crippen molar-refractivity contribution in [1.29, 1.82) is 0 Å². The molecular formula is C19H23N3O5. The van der Waals surface area contributed by atoms with Crippen LogP contribution < -0.4 is 10.6 Å². The molecule has 1 aromatic rings. The Kier molecular flexibility index (Phi) is 5.43. The van der Waals surface area contributed by atoms with Gasteiger partial charge in [-0.05, 0) is 49.8 Å². The number of nitro benzene ring substituents is 1. The van der Waals surface area contributed by atoms with Gasteiger partial charge < -0.3 is 15.4 Å². The summed E-state index contributed by atoms with van der Waals surface area (Å²) in [5.41, 5.74) is 1.27. The highest BCUT2D eigenvalue weighted by molar-refractivity contribution is 5.95. The minimum absolute atomic E-state index is 0.0555. The average Bonchev–Trinajstić information content (AvgIpc) is 2.61. The molecule has 8 heteroatoms. The summed E-state index contributed by atoms with van der Waals surface area (Å²) in [6, 6.07) is 4.64. The molecule has 2 N–H and O–H groups in total. The summed E-state index contributed by atoms with van der Waals surface area (Å²) in [7, 11) is 0. The Labute approximate surface area is 157 Å². The van der Waals surface area contributed by atoms with Gasteiger partial charge in [0.15, 0.2) is 0 Å². The van der Waals surface area contributed by atoms with Crippen molar-refractivity contribution in [2.45, 2.75) is 51.7 Å². The van der Waals surface area contributed by atoms with Crippen LogP contribution in [0.15, 0.2) is 35.5 Å². The van der Waals surface area contributed by atoms with Crippen molar-refractivity contribution in [2.75, 3.05) is 0 Å². The molecule has 1 fully saturated rings. The van der Waals surface area contributed by atoms with E-state index < -0.39 is 23.0 Å². The van der Waals surface area contributed by atoms with Crippen molar-refractivity contribution in [3.8, 4) is 0 Å². The Morgan fingerprint density at radius 2 is 1.96 bits per heavy atom. The molecule has 144 valence electrons. The smallest absolute Gasteiger partial charge is 0.338 e. The van der Waals surface area contributed by atoms with Crippen LogP contribution in [0, 0.1) is 16.0 Å². The number of ether oxygens (including phenoxy) is 1. The van der Waals surface area contributed by atoms with Gasteiger partial charge in [-0.15, -0.1) is 0 Å². The van der Waals surface area contributed by atoms with E-state index in [0.29, 0.717) is 22.8 Å². The van der Waals surface area contributed by atoms with Gasteiger partial charge in [-0.3, -0.25) is 10.1 Å². The van der Waals surface area contributed by atoms with Crippen molar-refractivity contribution in [1.82, 2.24) is 10.6 Å². The van der Waals surface area contributed by atoms with E-state index in [0.717, 1.165) is 25.7 Å². The van der Waals surface area contributed by atoms with Gasteiger partial charge in [0.05, 0.1) is 16.5 Å². The second kappa shape index (κ2) is 7.77. The standard InChI is InChI=1S/C19H23N3O5/c1-11-4-3-5-15(10-11)27-18(23)16-12(2)20-19(24)21-17(16)13-6-8-14(9-7-13)22(25)26/h6-9,11,15,17H,3-5,10H2,1-2H3,(H2,20,21,24)/t11-,15-,17-/m1/s1. The molecule has 1 aromatic carbocycles. The van der Waals surface area contributed by atoms with Crippen molar-refractivity contribution in [3.63, 3.8) is 0 Å². The third-order valence-corrected chi connectivity index (χ3v) is 5.09. The molecule has 0 radical (unpaired) electrons. The first kappa shape index (κ1) is 18.9. The molecule has 1 aliphatic carbocycles. The number of hydrogen-bond acceptors (Lipinski definition) is 5. The Balaban J connectivity index is 1.85. The normalized spacial score (nSPS) is 25.4. The largest absolute Gasteiger partial charge is 0.459 e. The fourth-order valence-corrected chi connectivity index (χ4v) is 3.70. The second-order valence-corrected chi connectivity index (χ2v) is 7.22. The lowest BCUT2D eigenvalue weighted by molar-refractivity contribution is -0.384. The number of rotatable bonds is 4. The maximum absolute atomic E-state index is 12.9. The first-order valence-corrected chi connectivity index (χ1v) is 9.08. The van der Waals surface area contributed by atoms with Gasteiger partial charge in [0.25, 0.3) is 5.69 Å². The number of nitro groups is 1. The molecule has 0 saturated heterocycles. The number of carbonyl (C=O) groups is 2. The van der Waals surface area contributed by atoms with Crippen LogP contribution >= 0.6 is 0 Å². The highest BCUT2D eigenvalue weighted by Gasteiger charge is 2.34. The minimum atomic E-state index is -0.715. The lowest BCUT2D eigenvalue weighted by Gasteiger charge is -2.31. The number of non-ortho nitro benzene ring substituents is 1. The van der Waals surface area contributed by atoms with Crippen LogP contribution in [0.2, 0.25) is 0 Å². The molecule has 8 nitrogen and oxygen atoms in total. The predicted octanol–water partition coefficient (Wildman–Crippen LogP) is 3.34. The van der Waals surface area contributed by atoms with E-state index in [1.165, 1.54) is 24.3 Å². The summed E-state index contributed by atoms with van der Waals surface area (Å²) in [6.07, 6.45) is 3.71. The number of hydrogen-bond donors (Lipinski definition) is 2. The first-order valence-electron chi connectivity index (χ1n) is 9.08. The Hall–Kier alpha value is -2.90. The molecule has 1 saturated carbocycles. The van der Waals surface area contributed by atoms with E-state index in [2.05, 4.69) is 17.6 Å². The number of esters is 1. The highest BCUT2D eigenvalue weighted by atomic mass is 16.6. The zero-order chi connectivity index (χ0) is 19.6. The van der Waals surface area contributed by atoms with E-state index in [9.17, 15) is 19.7 Å². The van der Waals surface area contributed by atoms with Gasteiger partial charge in [0.2, 0.25) is 0 Å². The summed E-state index contributed by atoms with van der Waals surface area (Å²) in [5, 5.41) is 16.2. The zero-order valence-electron chi connectivity index (χ0n) is 15.4. The minimum Gasteiger partial charge on any atom is -0.459 e. The van der Waals surface area contributed by atoms with Crippen LogP contribution in [-0.4, -0.2) is 23.0 Å². The van der Waals surface area contributed by atoms with Gasteiger partial charge >= 0.3 is 12.0 Å². The van der Waals surface area contributed by atoms with Gasteiger partial charge in [-0.25, -0.2) is 9.59 Å². The molecular weight excluding hydrogens is 350 g/mol. The number of amides is 2. The molecule has 1 aliphatic heterocycles. The van der Waals surface area contributed by atoms with Crippen molar-refractivity contribution in [3.05, 3.63) is 51.2 Å². The monoisotopic (exact) mass is 373 g/mol. The van der Waals surface area contributed by atoms with Crippen LogP contribution in [0.3, 0.4) is 0 Å². The third kappa shape index (κ3) is 4.27. The number of nitrogens with one attached hydrogen (secondary N) is 2. The molecule has 27 heavy (non-hydrogen) atoms. The second-order valence-electron chi connectivity index (χ2n) is 7.22. The fraction of sp³-hybridized carbons (Fsp3) is 0.474. The number of benzene rings is 1. The van der Waals surface area contributed by atoms with Gasteiger partial charge in [-0.2, -0.15) is 0 Å². The lowest BCUT2D eigenvalue weighted by atomic mass is 9.88. The number of allylic oxidation sites excluding steroid dienone is 1. The van der Waals surface area contributed by atoms with E-state index in [-0.39, 0.29) is 11.8 Å². The van der Waals surface area contributed by atoms with E-state index in [4.69, 9.17) is 4.74 Å². The zero-order valence-corrected chi connectivity index (χ0v) is 15.4. The summed E-state index contributed by atoms with van der Waals surface area (Å²) >= 11 is 0. The Bertz CT molecular complexity index is 787. The fourth-order valence-electron chi connectivity index (χ4n) is 3.70. The Morgan fingerprint density at radius 1 is 1.26 bits per heavy atom. The molecule has 1 heterocycles. The first-order chi connectivity index (χ1) is 12.8. The van der Waals surface area contributed by atoms with Crippen molar-refractivity contribution >= 4 is 17.7 Å². The average molecular weight is 373 g/mol. The maximum atomic E-state index is 12.9. The molecule has 0 aromatic heterocycles. The predicted molar refractivity (Wildman–Crippen MR) is 97.7 cm³/mol. The number of urea groups is 1. The maximum Gasteiger partial charge on any atom is 0.338 e. The number of nitrogens with zero attached hydrogens (tertiary/aromatic N) is 1. The SMILES string of the molecule is CC1=C(C(=O)O[C@@H]2CCC[C@@H](C)C2)[C@@H](c2ccc([N+](=O)[O-])cc2)NC(=O)N1. The van der Waals surface area contributed by atoms with Crippen LogP contribution in [0.1, 0.15) is 51.1 Å². The van der Waals surface area contributed by atoms with Crippen LogP contribution in [0.25, 0.3) is 0 Å². The molecule has 0 unspecified atom stereocenters. The van der Waals surface area contributed by atoms with Gasteiger partial charge in [0, 0.05) is 17.8 Å². The molecule has 2 amide bonds. The topological polar surface area (TPSA) is 111 Å². The molecule has 3 atom stereocenters. The third-order valence-electron chi connectivity index (χ3n) is 5.09. The van der Waals surface area contributed by atoms with Crippen molar-refractivity contribution < 1.29 is 19.2 Å². The number of carbonyl (C=O) groups excluding carboxylic acids is 2. The van der Waals surface area contributed by atoms with E-state index >= 15 is 0 Å². The quantitative estimate of drug-likeness (QED) is 0.478. The summed E-state index contributed by atoms with van der Waals surface area (Å²) in [6.45, 7) is 3.80. The van der Waals surface area contributed by atoms with Gasteiger partial charge in [-0.1, -0.05) is 13.3 Å². The van der Waals surface area contributed by atoms with Crippen LogP contribution in [0.5, 0.6) is 0 Å². The van der Waals surface area contributed by atoms with Crippen LogP contribution in [0.4, 0.5) is 10.5 Å². The highest BCUT2D eigenvalue weighted by Crippen LogP contribution is 2.31. The van der Waals surface area contributed by atoms with Gasteiger partial charge in [0.1, 0.15) is 6.10 Å². The van der Waals surface area contributed by atoms with E-state index in [1.807, 2.05) is 0 Å². The lowest BCUT2D eigenvalue weighted by Crippen LogP contribution is -2.45. The molecule has 2 aliphatic rings. The Morgan fingerprint density at radius 3 is 2.59 bits per heavy atom. The molecule has 0 spiro atoms. The van der Waals surface area contributed by atoms with Crippen LogP contribution in [-0.2, 0) is 9.53 Å².